The zero-order valence-electron chi connectivity index (χ0n) is 13.3. The molecule has 2 heterocycles. The third kappa shape index (κ3) is 7.32. The van der Waals surface area contributed by atoms with Gasteiger partial charge in [0.25, 0.3) is 5.91 Å². The highest BCUT2D eigenvalue weighted by Gasteiger charge is 2.21. The summed E-state index contributed by atoms with van der Waals surface area (Å²) in [6.45, 7) is 4.30. The van der Waals surface area contributed by atoms with E-state index in [0.717, 1.165) is 50.5 Å². The second-order valence-electron chi connectivity index (χ2n) is 5.25. The molecule has 0 saturated carbocycles. The number of amides is 1. The van der Waals surface area contributed by atoms with Gasteiger partial charge in [0.1, 0.15) is 5.69 Å². The number of ether oxygens (including phenoxy) is 1. The van der Waals surface area contributed by atoms with Gasteiger partial charge >= 0.3 is 0 Å². The first-order valence-electron chi connectivity index (χ1n) is 7.39. The summed E-state index contributed by atoms with van der Waals surface area (Å²) in [6.07, 6.45) is 2.69. The molecule has 1 fully saturated rings. The lowest BCUT2D eigenvalue weighted by Crippen LogP contribution is -2.45. The lowest BCUT2D eigenvalue weighted by Gasteiger charge is -2.31. The normalized spacial score (nSPS) is 15.6. The van der Waals surface area contributed by atoms with Crippen LogP contribution in [0.5, 0.6) is 0 Å². The van der Waals surface area contributed by atoms with Gasteiger partial charge in [0.15, 0.2) is 0 Å². The van der Waals surface area contributed by atoms with Crippen LogP contribution in [0.1, 0.15) is 28.3 Å². The highest BCUT2D eigenvalue weighted by atomic mass is 35.5. The molecule has 0 aromatic carbocycles. The monoisotopic (exact) mass is 384 g/mol. The van der Waals surface area contributed by atoms with Crippen LogP contribution in [-0.2, 0) is 11.2 Å². The van der Waals surface area contributed by atoms with Crippen molar-refractivity contribution in [3.8, 4) is 0 Å². The lowest BCUT2D eigenvalue weighted by molar-refractivity contribution is 0.0888. The Morgan fingerprint density at radius 2 is 2.17 bits per heavy atom. The molecule has 0 bridgehead atoms. The van der Waals surface area contributed by atoms with Crippen molar-refractivity contribution in [3.63, 3.8) is 0 Å². The van der Waals surface area contributed by atoms with E-state index in [4.69, 9.17) is 10.5 Å². The number of thiazole rings is 1. The van der Waals surface area contributed by atoms with Crippen LogP contribution in [0.3, 0.4) is 0 Å². The van der Waals surface area contributed by atoms with Crippen molar-refractivity contribution in [2.45, 2.75) is 25.3 Å². The molecule has 1 saturated heterocycles. The van der Waals surface area contributed by atoms with Gasteiger partial charge in [-0.3, -0.25) is 4.79 Å². The average molecular weight is 385 g/mol. The Bertz CT molecular complexity index is 454. The van der Waals surface area contributed by atoms with Crippen LogP contribution in [-0.4, -0.2) is 61.7 Å². The number of hydrogen-bond acceptors (Lipinski definition) is 6. The van der Waals surface area contributed by atoms with Crippen LogP contribution in [0.25, 0.3) is 0 Å². The Labute approximate surface area is 154 Å². The predicted molar refractivity (Wildman–Crippen MR) is 98.2 cm³/mol. The number of aromatic nitrogens is 1. The summed E-state index contributed by atoms with van der Waals surface area (Å²) in [4.78, 5) is 18.8. The van der Waals surface area contributed by atoms with Crippen molar-refractivity contribution in [2.24, 2.45) is 5.73 Å². The van der Waals surface area contributed by atoms with E-state index in [-0.39, 0.29) is 36.8 Å². The number of nitrogens with one attached hydrogen (secondary N) is 1. The topological polar surface area (TPSA) is 80.5 Å². The number of methoxy groups -OCH3 is 1. The van der Waals surface area contributed by atoms with Crippen molar-refractivity contribution < 1.29 is 9.53 Å². The quantitative estimate of drug-likeness (QED) is 0.740. The number of carbonyl (C=O) groups excluding carboxylic acids is 1. The molecule has 0 aliphatic carbocycles. The molecule has 23 heavy (non-hydrogen) atoms. The molecule has 134 valence electrons. The molecular formula is C14H26Cl2N4O2S. The van der Waals surface area contributed by atoms with Crippen molar-refractivity contribution in [2.75, 3.05) is 39.9 Å². The van der Waals surface area contributed by atoms with Crippen molar-refractivity contribution >= 4 is 42.1 Å². The zero-order chi connectivity index (χ0) is 15.1. The minimum atomic E-state index is -0.0649. The van der Waals surface area contributed by atoms with Gasteiger partial charge in [0.05, 0.1) is 11.6 Å². The summed E-state index contributed by atoms with van der Waals surface area (Å²) in [5, 5.41) is 5.82. The SMILES string of the molecule is COCCN1CCC(NC(=O)c2csc(CCN)n2)CC1.Cl.Cl. The van der Waals surface area contributed by atoms with Crippen LogP contribution in [0.4, 0.5) is 0 Å². The minimum absolute atomic E-state index is 0. The van der Waals surface area contributed by atoms with Crippen LogP contribution < -0.4 is 11.1 Å². The smallest absolute Gasteiger partial charge is 0.270 e. The van der Waals surface area contributed by atoms with Crippen molar-refractivity contribution in [1.82, 2.24) is 15.2 Å². The first-order valence-corrected chi connectivity index (χ1v) is 8.27. The number of halogens is 2. The summed E-state index contributed by atoms with van der Waals surface area (Å²) >= 11 is 1.50. The molecule has 0 atom stereocenters. The standard InChI is InChI=1S/C14H24N4O2S.2ClH/c1-20-9-8-18-6-3-11(4-7-18)16-14(19)12-10-21-13(17-12)2-5-15;;/h10-11H,2-9,15H2,1H3,(H,16,19);2*1H. The molecule has 0 radical (unpaired) electrons. The van der Waals surface area contributed by atoms with Gasteiger partial charge < -0.3 is 20.7 Å². The third-order valence-electron chi connectivity index (χ3n) is 3.68. The van der Waals surface area contributed by atoms with Crippen molar-refractivity contribution in [3.05, 3.63) is 16.1 Å². The molecule has 9 heteroatoms. The van der Waals surface area contributed by atoms with Crippen LogP contribution in [0.15, 0.2) is 5.38 Å². The first kappa shape index (κ1) is 22.6. The van der Waals surface area contributed by atoms with E-state index < -0.39 is 0 Å². The molecule has 3 N–H and O–H groups in total. The van der Waals surface area contributed by atoms with Crippen molar-refractivity contribution in [1.29, 1.82) is 0 Å². The number of nitrogens with two attached hydrogens (primary N) is 1. The van der Waals surface area contributed by atoms with Gasteiger partial charge in [-0.1, -0.05) is 0 Å². The molecule has 6 nitrogen and oxygen atoms in total. The molecule has 1 amide bonds. The fourth-order valence-corrected chi connectivity index (χ4v) is 3.23. The van der Waals surface area contributed by atoms with Gasteiger partial charge in [-0.2, -0.15) is 0 Å². The second-order valence-corrected chi connectivity index (χ2v) is 6.19. The first-order chi connectivity index (χ1) is 10.2. The number of rotatable bonds is 7. The Hall–Kier alpha value is -0.440. The average Bonchev–Trinajstić information content (AvgIpc) is 2.96. The van der Waals surface area contributed by atoms with E-state index in [9.17, 15) is 4.79 Å². The van der Waals surface area contributed by atoms with E-state index in [2.05, 4.69) is 15.2 Å². The summed E-state index contributed by atoms with van der Waals surface area (Å²) in [7, 11) is 1.72. The molecular weight excluding hydrogens is 359 g/mol. The van der Waals surface area contributed by atoms with Gasteiger partial charge in [-0.05, 0) is 19.4 Å². The molecule has 2 rings (SSSR count). The Kier molecular flexibility index (Phi) is 11.8. The summed E-state index contributed by atoms with van der Waals surface area (Å²) < 4.78 is 5.09. The molecule has 1 aromatic rings. The number of likely N-dealkylation sites (tertiary alicyclic amines) is 1. The maximum absolute atomic E-state index is 12.2. The number of nitrogens with zero attached hydrogens (tertiary/aromatic N) is 2. The Morgan fingerprint density at radius 3 is 2.78 bits per heavy atom. The number of hydrogen-bond donors (Lipinski definition) is 2. The maximum atomic E-state index is 12.2. The largest absolute Gasteiger partial charge is 0.383 e. The lowest BCUT2D eigenvalue weighted by atomic mass is 10.0. The van der Waals surface area contributed by atoms with E-state index in [1.54, 1.807) is 7.11 Å². The number of carbonyl (C=O) groups is 1. The predicted octanol–water partition coefficient (Wildman–Crippen LogP) is 1.33. The van der Waals surface area contributed by atoms with E-state index in [1.807, 2.05) is 5.38 Å². The summed E-state index contributed by atoms with van der Waals surface area (Å²) in [6, 6.07) is 0.246. The molecule has 1 aromatic heterocycles. The van der Waals surface area contributed by atoms with E-state index in [1.165, 1.54) is 11.3 Å². The minimum Gasteiger partial charge on any atom is -0.383 e. The highest BCUT2D eigenvalue weighted by molar-refractivity contribution is 7.09. The van der Waals surface area contributed by atoms with Crippen LogP contribution in [0.2, 0.25) is 0 Å². The van der Waals surface area contributed by atoms with Gasteiger partial charge in [-0.15, -0.1) is 36.2 Å². The molecule has 0 spiro atoms. The maximum Gasteiger partial charge on any atom is 0.270 e. The van der Waals surface area contributed by atoms with Gasteiger partial charge in [0, 0.05) is 44.6 Å². The van der Waals surface area contributed by atoms with E-state index >= 15 is 0 Å². The number of piperidine rings is 1. The van der Waals surface area contributed by atoms with Gasteiger partial charge in [-0.25, -0.2) is 4.98 Å². The van der Waals surface area contributed by atoms with Gasteiger partial charge in [0.2, 0.25) is 0 Å². The molecule has 1 aliphatic heterocycles. The summed E-state index contributed by atoms with van der Waals surface area (Å²) in [5.41, 5.74) is 6.01. The second kappa shape index (κ2) is 12.0. The fourth-order valence-electron chi connectivity index (χ4n) is 2.43. The summed E-state index contributed by atoms with van der Waals surface area (Å²) in [5.74, 6) is -0.0649. The fraction of sp³-hybridized carbons (Fsp3) is 0.714. The Balaban J connectivity index is 0.00000242. The Morgan fingerprint density at radius 1 is 1.48 bits per heavy atom. The van der Waals surface area contributed by atoms with Crippen LogP contribution in [0, 0.1) is 0 Å². The third-order valence-corrected chi connectivity index (χ3v) is 4.59. The molecule has 0 unspecified atom stereocenters. The molecule has 1 aliphatic rings. The highest BCUT2D eigenvalue weighted by Crippen LogP contribution is 2.13. The van der Waals surface area contributed by atoms with Crippen LogP contribution >= 0.6 is 36.2 Å². The van der Waals surface area contributed by atoms with E-state index in [0.29, 0.717) is 12.2 Å². The zero-order valence-corrected chi connectivity index (χ0v) is 15.8.